The van der Waals surface area contributed by atoms with Gasteiger partial charge in [0.15, 0.2) is 12.4 Å². The van der Waals surface area contributed by atoms with Gasteiger partial charge in [-0.15, -0.1) is 0 Å². The number of nitrogens with zero attached hydrogens (tertiary/aromatic N) is 3. The van der Waals surface area contributed by atoms with Gasteiger partial charge in [0.1, 0.15) is 5.82 Å². The van der Waals surface area contributed by atoms with Crippen LogP contribution in [0.3, 0.4) is 0 Å². The second-order valence-corrected chi connectivity index (χ2v) is 12.2. The van der Waals surface area contributed by atoms with Gasteiger partial charge >= 0.3 is 5.69 Å². The molecule has 0 unspecified atom stereocenters. The Morgan fingerprint density at radius 2 is 1.82 bits per heavy atom. The molecule has 1 amide bonds. The van der Waals surface area contributed by atoms with E-state index in [1.165, 1.54) is 10.6 Å². The summed E-state index contributed by atoms with van der Waals surface area (Å²) in [5.74, 6) is -2.83. The van der Waals surface area contributed by atoms with Crippen molar-refractivity contribution in [2.45, 2.75) is 51.6 Å². The van der Waals surface area contributed by atoms with E-state index in [1.54, 1.807) is 20.8 Å². The summed E-state index contributed by atoms with van der Waals surface area (Å²) in [7, 11) is -2.70. The van der Waals surface area contributed by atoms with Crippen LogP contribution < -0.4 is 15.7 Å². The standard InChI is InChI=1S/C24H28F4N4O5S/c1-13(2)31-18-8-14(22(33)30-24(3)4-6-38(35,36)7-5-24)15(25)9-19(18)32(23(31)34)17-10-21(29-11-16(17)26)37-12-20(27)28/h8-11,13,20,35-36H,4-7,12H2,1-3H3,(H,30,33). The number of amides is 1. The Hall–Kier alpha value is -3.10. The Morgan fingerprint density at radius 3 is 2.42 bits per heavy atom. The second-order valence-electron chi connectivity index (χ2n) is 9.80. The summed E-state index contributed by atoms with van der Waals surface area (Å²) in [6, 6.07) is 2.62. The van der Waals surface area contributed by atoms with Crippen LogP contribution in [0, 0.1) is 11.6 Å². The molecule has 1 aliphatic heterocycles. The highest BCUT2D eigenvalue weighted by molar-refractivity contribution is 8.24. The van der Waals surface area contributed by atoms with Crippen molar-refractivity contribution < 1.29 is 36.2 Å². The van der Waals surface area contributed by atoms with E-state index in [0.29, 0.717) is 6.20 Å². The molecule has 0 saturated carbocycles. The molecule has 1 aliphatic rings. The van der Waals surface area contributed by atoms with Gasteiger partial charge in [0.05, 0.1) is 28.5 Å². The molecule has 4 rings (SSSR count). The van der Waals surface area contributed by atoms with E-state index < -0.39 is 58.4 Å². The minimum absolute atomic E-state index is 0.0551. The van der Waals surface area contributed by atoms with Crippen LogP contribution in [-0.2, 0) is 0 Å². The van der Waals surface area contributed by atoms with Gasteiger partial charge < -0.3 is 10.1 Å². The Morgan fingerprint density at radius 1 is 1.16 bits per heavy atom. The molecule has 1 fully saturated rings. The van der Waals surface area contributed by atoms with Crippen LogP contribution in [0.2, 0.25) is 0 Å². The zero-order valence-electron chi connectivity index (χ0n) is 20.9. The topological polar surface area (TPSA) is 119 Å². The molecule has 208 valence electrons. The monoisotopic (exact) mass is 560 g/mol. The number of aromatic nitrogens is 3. The molecule has 0 atom stereocenters. The van der Waals surface area contributed by atoms with Gasteiger partial charge in [0, 0.05) is 35.2 Å². The normalized spacial score (nSPS) is 17.7. The number of hydrogen-bond donors (Lipinski definition) is 3. The number of nitrogens with one attached hydrogen (secondary N) is 1. The lowest BCUT2D eigenvalue weighted by Gasteiger charge is -2.44. The Labute approximate surface area is 216 Å². The molecule has 0 radical (unpaired) electrons. The molecular weight excluding hydrogens is 532 g/mol. The number of pyridine rings is 1. The van der Waals surface area contributed by atoms with Crippen molar-refractivity contribution in [3.05, 3.63) is 52.1 Å². The molecule has 0 bridgehead atoms. The van der Waals surface area contributed by atoms with Gasteiger partial charge in [0.2, 0.25) is 5.88 Å². The van der Waals surface area contributed by atoms with Crippen LogP contribution in [0.25, 0.3) is 16.7 Å². The summed E-state index contributed by atoms with van der Waals surface area (Å²) in [5.41, 5.74) is -2.19. The van der Waals surface area contributed by atoms with Crippen LogP contribution in [0.4, 0.5) is 17.6 Å². The lowest BCUT2D eigenvalue weighted by atomic mass is 9.94. The molecule has 3 aromatic rings. The van der Waals surface area contributed by atoms with Gasteiger partial charge in [-0.1, -0.05) is 0 Å². The first kappa shape index (κ1) is 27.9. The minimum Gasteiger partial charge on any atom is -0.472 e. The fourth-order valence-corrected chi connectivity index (χ4v) is 6.18. The highest BCUT2D eigenvalue weighted by Gasteiger charge is 2.35. The molecule has 0 aliphatic carbocycles. The summed E-state index contributed by atoms with van der Waals surface area (Å²) >= 11 is 0. The van der Waals surface area contributed by atoms with Crippen molar-refractivity contribution in [3.8, 4) is 11.6 Å². The third kappa shape index (κ3) is 5.52. The van der Waals surface area contributed by atoms with Crippen molar-refractivity contribution in [3.63, 3.8) is 0 Å². The van der Waals surface area contributed by atoms with Gasteiger partial charge in [-0.25, -0.2) is 27.3 Å². The van der Waals surface area contributed by atoms with Crippen LogP contribution in [0.5, 0.6) is 5.88 Å². The predicted octanol–water partition coefficient (Wildman–Crippen LogP) is 4.72. The average molecular weight is 561 g/mol. The van der Waals surface area contributed by atoms with Crippen molar-refractivity contribution in [2.24, 2.45) is 0 Å². The van der Waals surface area contributed by atoms with Crippen LogP contribution in [-0.4, -0.2) is 59.2 Å². The summed E-state index contributed by atoms with van der Waals surface area (Å²) < 4.78 is 82.0. The lowest BCUT2D eigenvalue weighted by molar-refractivity contribution is 0.0795. The average Bonchev–Trinajstić information content (AvgIpc) is 3.11. The van der Waals surface area contributed by atoms with Crippen LogP contribution in [0.15, 0.2) is 29.2 Å². The van der Waals surface area contributed by atoms with E-state index in [0.717, 1.165) is 16.7 Å². The Balaban J connectivity index is 1.79. The second kappa shape index (κ2) is 10.2. The first-order valence-corrected chi connectivity index (χ1v) is 13.7. The fourth-order valence-electron chi connectivity index (χ4n) is 4.42. The molecule has 1 aromatic carbocycles. The number of alkyl halides is 2. The van der Waals surface area contributed by atoms with E-state index in [9.17, 15) is 31.9 Å². The Bertz CT molecular complexity index is 1430. The van der Waals surface area contributed by atoms with E-state index >= 15 is 4.39 Å². The number of fused-ring (bicyclic) bond motifs is 1. The number of imidazole rings is 1. The van der Waals surface area contributed by atoms with Gasteiger partial charge in [-0.05, 0) is 39.7 Å². The maximum absolute atomic E-state index is 15.3. The number of ether oxygens (including phenoxy) is 1. The number of rotatable bonds is 7. The lowest BCUT2D eigenvalue weighted by Crippen LogP contribution is -2.50. The number of benzene rings is 1. The smallest absolute Gasteiger partial charge is 0.334 e. The quantitative estimate of drug-likeness (QED) is 0.360. The van der Waals surface area contributed by atoms with Crippen molar-refractivity contribution in [1.29, 1.82) is 0 Å². The van der Waals surface area contributed by atoms with Gasteiger partial charge in [-0.2, -0.15) is 10.6 Å². The number of halogens is 4. The summed E-state index contributed by atoms with van der Waals surface area (Å²) in [6.45, 7) is 4.09. The zero-order chi connectivity index (χ0) is 28.0. The SMILES string of the molecule is CC(C)n1c(=O)n(-c2cc(OCC(F)F)ncc2F)c2cc(F)c(C(=O)NC3(C)CCS(O)(O)CC3)cc21. The summed E-state index contributed by atoms with van der Waals surface area (Å²) in [5, 5.41) is 2.77. The largest absolute Gasteiger partial charge is 0.472 e. The highest BCUT2D eigenvalue weighted by atomic mass is 32.3. The molecular formula is C24H28F4N4O5S. The first-order chi connectivity index (χ1) is 17.7. The van der Waals surface area contributed by atoms with Crippen molar-refractivity contribution in [2.75, 3.05) is 18.1 Å². The Kier molecular flexibility index (Phi) is 7.51. The number of hydrogen-bond acceptors (Lipinski definition) is 6. The van der Waals surface area contributed by atoms with Crippen LogP contribution >= 0.6 is 10.6 Å². The maximum atomic E-state index is 15.3. The van der Waals surface area contributed by atoms with E-state index in [2.05, 4.69) is 10.3 Å². The predicted molar refractivity (Wildman–Crippen MR) is 135 cm³/mol. The zero-order valence-corrected chi connectivity index (χ0v) is 21.7. The third-order valence-corrected chi connectivity index (χ3v) is 8.22. The summed E-state index contributed by atoms with van der Waals surface area (Å²) in [4.78, 5) is 30.1. The summed E-state index contributed by atoms with van der Waals surface area (Å²) in [6.07, 6.45) is -1.52. The molecule has 3 N–H and O–H groups in total. The van der Waals surface area contributed by atoms with Crippen LogP contribution in [0.1, 0.15) is 50.0 Å². The van der Waals surface area contributed by atoms with E-state index in [-0.39, 0.29) is 52.5 Å². The van der Waals surface area contributed by atoms with Crippen molar-refractivity contribution >= 4 is 27.5 Å². The number of carbonyl (C=O) groups is 1. The maximum Gasteiger partial charge on any atom is 0.334 e. The molecule has 2 aromatic heterocycles. The highest BCUT2D eigenvalue weighted by Crippen LogP contribution is 2.47. The van der Waals surface area contributed by atoms with Gasteiger partial charge in [0.25, 0.3) is 12.3 Å². The first-order valence-electron chi connectivity index (χ1n) is 11.8. The molecule has 0 spiro atoms. The minimum atomic E-state index is -2.80. The third-order valence-electron chi connectivity index (χ3n) is 6.51. The number of carbonyl (C=O) groups excluding carboxylic acids is 1. The van der Waals surface area contributed by atoms with Crippen molar-refractivity contribution in [1.82, 2.24) is 19.4 Å². The molecule has 38 heavy (non-hydrogen) atoms. The molecule has 1 saturated heterocycles. The van der Waals surface area contributed by atoms with Gasteiger partial charge in [-0.3, -0.25) is 23.0 Å². The van der Waals surface area contributed by atoms with E-state index in [1.807, 2.05) is 0 Å². The molecule has 3 heterocycles. The fraction of sp³-hybridized carbons (Fsp3) is 0.458. The molecule has 14 heteroatoms. The molecule has 9 nitrogen and oxygen atoms in total. The van der Waals surface area contributed by atoms with E-state index in [4.69, 9.17) is 4.74 Å².